The Kier molecular flexibility index (Phi) is 3.98. The SMILES string of the molecule is CC1CN(Cc2ccccc2)CCC1[N+]1=c2ccccc2=NC1=O. The maximum absolute atomic E-state index is 12.4. The molecule has 0 radical (unpaired) electrons. The van der Waals surface area contributed by atoms with E-state index in [2.05, 4.69) is 47.1 Å². The predicted octanol–water partition coefficient (Wildman–Crippen LogP) is 1.84. The van der Waals surface area contributed by atoms with E-state index in [9.17, 15) is 4.79 Å². The molecule has 2 unspecified atom stereocenters. The number of likely N-dealkylation sites (tertiary alicyclic amines) is 1. The number of benzene rings is 2. The van der Waals surface area contributed by atoms with Crippen LogP contribution in [0.25, 0.3) is 0 Å². The van der Waals surface area contributed by atoms with Crippen LogP contribution in [-0.4, -0.2) is 30.1 Å². The van der Waals surface area contributed by atoms with Gasteiger partial charge in [-0.3, -0.25) is 4.90 Å². The highest BCUT2D eigenvalue weighted by molar-refractivity contribution is 5.78. The van der Waals surface area contributed by atoms with Gasteiger partial charge in [0.15, 0.2) is 5.36 Å². The van der Waals surface area contributed by atoms with Gasteiger partial charge in [-0.25, -0.2) is 0 Å². The van der Waals surface area contributed by atoms with Gasteiger partial charge in [-0.1, -0.05) is 49.4 Å². The molecule has 2 aromatic rings. The van der Waals surface area contributed by atoms with Crippen molar-refractivity contribution in [2.75, 3.05) is 13.1 Å². The quantitative estimate of drug-likeness (QED) is 0.809. The van der Waals surface area contributed by atoms with E-state index in [-0.39, 0.29) is 12.1 Å². The van der Waals surface area contributed by atoms with Crippen molar-refractivity contribution in [3.63, 3.8) is 0 Å². The van der Waals surface area contributed by atoms with Gasteiger partial charge in [0.05, 0.1) is 0 Å². The van der Waals surface area contributed by atoms with E-state index < -0.39 is 0 Å². The van der Waals surface area contributed by atoms with Gasteiger partial charge in [0.25, 0.3) is 0 Å². The molecular formula is C20H22N3O+. The average molecular weight is 320 g/mol. The van der Waals surface area contributed by atoms with Crippen molar-refractivity contribution in [3.8, 4) is 0 Å². The monoisotopic (exact) mass is 320 g/mol. The molecule has 0 aliphatic carbocycles. The van der Waals surface area contributed by atoms with Crippen LogP contribution in [0.5, 0.6) is 0 Å². The first-order valence-electron chi connectivity index (χ1n) is 8.62. The van der Waals surface area contributed by atoms with Crippen molar-refractivity contribution in [3.05, 3.63) is 70.9 Å². The first-order valence-corrected chi connectivity index (χ1v) is 8.62. The lowest BCUT2D eigenvalue weighted by Crippen LogP contribution is -2.52. The Labute approximate surface area is 141 Å². The zero-order valence-corrected chi connectivity index (χ0v) is 13.9. The minimum Gasteiger partial charge on any atom is -0.298 e. The Morgan fingerprint density at radius 1 is 1.12 bits per heavy atom. The van der Waals surface area contributed by atoms with Crippen LogP contribution < -0.4 is 15.3 Å². The molecule has 2 atom stereocenters. The average Bonchev–Trinajstić information content (AvgIpc) is 2.92. The van der Waals surface area contributed by atoms with Crippen molar-refractivity contribution in [2.24, 2.45) is 10.9 Å². The molecule has 4 rings (SSSR count). The molecule has 2 aliphatic rings. The van der Waals surface area contributed by atoms with Gasteiger partial charge in [0, 0.05) is 37.0 Å². The summed E-state index contributed by atoms with van der Waals surface area (Å²) in [6, 6.07) is 18.6. The van der Waals surface area contributed by atoms with Crippen LogP contribution in [0.4, 0.5) is 4.79 Å². The number of amides is 2. The van der Waals surface area contributed by atoms with E-state index in [0.717, 1.165) is 36.8 Å². The number of hydrogen-bond donors (Lipinski definition) is 0. The number of carbonyl (C=O) groups is 1. The summed E-state index contributed by atoms with van der Waals surface area (Å²) in [6.45, 7) is 5.24. The third kappa shape index (κ3) is 2.78. The van der Waals surface area contributed by atoms with E-state index in [0.29, 0.717) is 5.92 Å². The standard InChI is InChI=1S/C20H22N3O/c1-15-13-22(14-16-7-3-2-4-8-16)12-11-18(15)23-19-10-6-5-9-17(19)21-20(23)24/h2-10,15,18H,11-14H2,1H3/q+1. The molecule has 0 N–H and O–H groups in total. The van der Waals surface area contributed by atoms with Gasteiger partial charge in [0.2, 0.25) is 5.36 Å². The Balaban J connectivity index is 1.54. The van der Waals surface area contributed by atoms with Crippen LogP contribution in [0.1, 0.15) is 18.9 Å². The minimum absolute atomic E-state index is 0.107. The van der Waals surface area contributed by atoms with Gasteiger partial charge in [0.1, 0.15) is 6.04 Å². The van der Waals surface area contributed by atoms with E-state index in [1.165, 1.54) is 5.56 Å². The highest BCUT2D eigenvalue weighted by Gasteiger charge is 2.38. The zero-order valence-electron chi connectivity index (χ0n) is 13.9. The lowest BCUT2D eigenvalue weighted by Gasteiger charge is -2.35. The molecule has 0 saturated carbocycles. The van der Waals surface area contributed by atoms with Crippen LogP contribution in [-0.2, 0) is 6.54 Å². The fourth-order valence-electron chi connectivity index (χ4n) is 3.93. The van der Waals surface area contributed by atoms with Crippen molar-refractivity contribution < 1.29 is 4.79 Å². The summed E-state index contributed by atoms with van der Waals surface area (Å²) in [4.78, 5) is 19.1. The number of piperidine rings is 1. The van der Waals surface area contributed by atoms with Crippen molar-refractivity contribution >= 4 is 6.03 Å². The fourth-order valence-corrected chi connectivity index (χ4v) is 3.93. The van der Waals surface area contributed by atoms with Gasteiger partial charge in [-0.05, 0) is 17.7 Å². The summed E-state index contributed by atoms with van der Waals surface area (Å²) in [6.07, 6.45) is 0.990. The number of urea groups is 1. The summed E-state index contributed by atoms with van der Waals surface area (Å²) >= 11 is 0. The van der Waals surface area contributed by atoms with E-state index in [1.807, 2.05) is 28.8 Å². The van der Waals surface area contributed by atoms with E-state index >= 15 is 0 Å². The molecule has 0 spiro atoms. The Hall–Kier alpha value is -2.33. The minimum atomic E-state index is -0.107. The highest BCUT2D eigenvalue weighted by Crippen LogP contribution is 2.21. The molecule has 0 aromatic heterocycles. The second kappa shape index (κ2) is 6.29. The molecule has 24 heavy (non-hydrogen) atoms. The molecule has 2 aliphatic heterocycles. The molecular weight excluding hydrogens is 298 g/mol. The largest absolute Gasteiger partial charge is 0.541 e. The summed E-state index contributed by atoms with van der Waals surface area (Å²) < 4.78 is 1.92. The molecule has 2 aromatic carbocycles. The van der Waals surface area contributed by atoms with Crippen LogP contribution in [0.2, 0.25) is 0 Å². The number of para-hydroxylation sites is 2. The van der Waals surface area contributed by atoms with Crippen LogP contribution in [0.3, 0.4) is 0 Å². The highest BCUT2D eigenvalue weighted by atomic mass is 16.2. The normalized spacial score (nSPS) is 23.9. The summed E-state index contributed by atoms with van der Waals surface area (Å²) in [5.74, 6) is 0.424. The first-order chi connectivity index (χ1) is 11.7. The van der Waals surface area contributed by atoms with Gasteiger partial charge in [-0.15, -0.1) is 0 Å². The van der Waals surface area contributed by atoms with E-state index in [4.69, 9.17) is 0 Å². The molecule has 4 nitrogen and oxygen atoms in total. The Bertz CT molecular complexity index is 875. The van der Waals surface area contributed by atoms with E-state index in [1.54, 1.807) is 0 Å². The molecule has 1 saturated heterocycles. The van der Waals surface area contributed by atoms with Gasteiger partial charge < -0.3 is 0 Å². The molecule has 122 valence electrons. The summed E-state index contributed by atoms with van der Waals surface area (Å²) in [7, 11) is 0. The van der Waals surface area contributed by atoms with Gasteiger partial charge in [-0.2, -0.15) is 9.37 Å². The van der Waals surface area contributed by atoms with Crippen molar-refractivity contribution in [1.29, 1.82) is 0 Å². The maximum Gasteiger partial charge on any atom is 0.541 e. The number of hydrogen-bond acceptors (Lipinski definition) is 2. The fraction of sp³-hybridized carbons (Fsp3) is 0.350. The lowest BCUT2D eigenvalue weighted by molar-refractivity contribution is 0.134. The maximum atomic E-state index is 12.4. The Morgan fingerprint density at radius 2 is 1.88 bits per heavy atom. The van der Waals surface area contributed by atoms with Crippen LogP contribution in [0.15, 0.2) is 59.6 Å². The number of fused-ring (bicyclic) bond motifs is 1. The van der Waals surface area contributed by atoms with Crippen LogP contribution >= 0.6 is 0 Å². The van der Waals surface area contributed by atoms with Crippen LogP contribution in [0, 0.1) is 5.92 Å². The third-order valence-corrected chi connectivity index (χ3v) is 5.09. The van der Waals surface area contributed by atoms with Gasteiger partial charge >= 0.3 is 6.03 Å². The summed E-state index contributed by atoms with van der Waals surface area (Å²) in [5, 5.41) is 1.78. The topological polar surface area (TPSA) is 35.7 Å². The molecule has 2 heterocycles. The number of carbonyl (C=O) groups excluding carboxylic acids is 1. The third-order valence-electron chi connectivity index (χ3n) is 5.09. The zero-order chi connectivity index (χ0) is 16.5. The first kappa shape index (κ1) is 15.2. The molecule has 2 amide bonds. The Morgan fingerprint density at radius 3 is 2.67 bits per heavy atom. The number of rotatable bonds is 3. The smallest absolute Gasteiger partial charge is 0.298 e. The second-order valence-electron chi connectivity index (χ2n) is 6.81. The molecule has 1 fully saturated rings. The predicted molar refractivity (Wildman–Crippen MR) is 93.1 cm³/mol. The van der Waals surface area contributed by atoms with Crippen molar-refractivity contribution in [1.82, 2.24) is 9.48 Å². The number of nitrogens with zero attached hydrogens (tertiary/aromatic N) is 3. The molecule has 4 heteroatoms. The molecule has 0 bridgehead atoms. The summed E-state index contributed by atoms with van der Waals surface area (Å²) in [5.41, 5.74) is 1.35. The lowest BCUT2D eigenvalue weighted by atomic mass is 9.93. The van der Waals surface area contributed by atoms with Crippen molar-refractivity contribution in [2.45, 2.75) is 25.9 Å². The second-order valence-corrected chi connectivity index (χ2v) is 6.81.